The number of carbonyl (C=O) groups is 1. The third-order valence-electron chi connectivity index (χ3n) is 4.14. The Labute approximate surface area is 141 Å². The number of carbonyl (C=O) groups excluding carboxylic acids is 1. The Kier molecular flexibility index (Phi) is 4.85. The van der Waals surface area contributed by atoms with Crippen molar-refractivity contribution in [3.63, 3.8) is 0 Å². The average molecular weight is 322 g/mol. The van der Waals surface area contributed by atoms with Crippen LogP contribution in [0.25, 0.3) is 10.9 Å². The van der Waals surface area contributed by atoms with Crippen molar-refractivity contribution < 1.29 is 9.53 Å². The summed E-state index contributed by atoms with van der Waals surface area (Å²) in [6.45, 7) is 5.01. The summed E-state index contributed by atoms with van der Waals surface area (Å²) < 4.78 is 5.90. The molecule has 0 aliphatic rings. The minimum atomic E-state index is -0.205. The summed E-state index contributed by atoms with van der Waals surface area (Å²) in [6, 6.07) is 16.0. The van der Waals surface area contributed by atoms with E-state index in [0.29, 0.717) is 13.2 Å². The lowest BCUT2D eigenvalue weighted by atomic mass is 9.99. The zero-order valence-corrected chi connectivity index (χ0v) is 14.0. The van der Waals surface area contributed by atoms with Crippen LogP contribution in [-0.4, -0.2) is 17.4 Å². The highest BCUT2D eigenvalue weighted by molar-refractivity contribution is 5.92. The van der Waals surface area contributed by atoms with E-state index in [2.05, 4.69) is 10.3 Å². The number of H-pyrrole nitrogens is 1. The summed E-state index contributed by atoms with van der Waals surface area (Å²) in [5.41, 5.74) is 3.12. The summed E-state index contributed by atoms with van der Waals surface area (Å²) in [4.78, 5) is 15.4. The number of hydrogen-bond donors (Lipinski definition) is 2. The predicted octanol–water partition coefficient (Wildman–Crippen LogP) is 3.99. The van der Waals surface area contributed by atoms with Gasteiger partial charge in [0.25, 0.3) is 0 Å². The molecule has 1 aromatic heterocycles. The van der Waals surface area contributed by atoms with Crippen molar-refractivity contribution in [2.24, 2.45) is 0 Å². The van der Waals surface area contributed by atoms with Gasteiger partial charge >= 0.3 is 0 Å². The maximum Gasteiger partial charge on any atom is 0.227 e. The van der Waals surface area contributed by atoms with Gasteiger partial charge in [0.15, 0.2) is 0 Å². The van der Waals surface area contributed by atoms with Gasteiger partial charge in [-0.3, -0.25) is 4.79 Å². The van der Waals surface area contributed by atoms with Crippen molar-refractivity contribution in [2.75, 3.05) is 6.54 Å². The second-order valence-electron chi connectivity index (χ2n) is 5.84. The van der Waals surface area contributed by atoms with Crippen molar-refractivity contribution in [1.29, 1.82) is 0 Å². The number of hydrogen-bond acceptors (Lipinski definition) is 2. The number of amides is 1. The van der Waals surface area contributed by atoms with Crippen molar-refractivity contribution in [3.05, 3.63) is 65.9 Å². The molecule has 3 aromatic rings. The maximum absolute atomic E-state index is 12.1. The fourth-order valence-electron chi connectivity index (χ4n) is 2.78. The van der Waals surface area contributed by atoms with E-state index in [4.69, 9.17) is 4.74 Å². The number of nitrogens with one attached hydrogen (secondary N) is 2. The summed E-state index contributed by atoms with van der Waals surface area (Å²) in [7, 11) is 0. The van der Waals surface area contributed by atoms with Gasteiger partial charge in [0.2, 0.25) is 5.91 Å². The largest absolute Gasteiger partial charge is 0.489 e. The lowest BCUT2D eigenvalue weighted by Gasteiger charge is -2.11. The van der Waals surface area contributed by atoms with Crippen LogP contribution in [0.5, 0.6) is 5.75 Å². The number of rotatable bonds is 6. The first kappa shape index (κ1) is 16.1. The van der Waals surface area contributed by atoms with Crippen LogP contribution in [0.15, 0.2) is 54.7 Å². The average Bonchev–Trinajstić information content (AvgIpc) is 3.03. The molecule has 2 aromatic carbocycles. The van der Waals surface area contributed by atoms with Crippen LogP contribution in [0.3, 0.4) is 0 Å². The minimum absolute atomic E-state index is 0.0361. The zero-order valence-electron chi connectivity index (χ0n) is 14.0. The van der Waals surface area contributed by atoms with E-state index < -0.39 is 0 Å². The standard InChI is InChI=1S/C20H22N2O2/c1-3-21-20(23)14(2)18-12-22-19-10-9-16(11-17(18)19)24-13-15-7-5-4-6-8-15/h4-12,14,22H,3,13H2,1-2H3,(H,21,23). The molecule has 3 rings (SSSR count). The second-order valence-corrected chi connectivity index (χ2v) is 5.84. The molecule has 0 bridgehead atoms. The normalized spacial score (nSPS) is 12.1. The van der Waals surface area contributed by atoms with E-state index in [1.165, 1.54) is 0 Å². The molecule has 0 aliphatic heterocycles. The van der Waals surface area contributed by atoms with Crippen molar-refractivity contribution in [3.8, 4) is 5.75 Å². The van der Waals surface area contributed by atoms with Crippen LogP contribution in [0, 0.1) is 0 Å². The van der Waals surface area contributed by atoms with Crippen LogP contribution in [0.2, 0.25) is 0 Å². The summed E-state index contributed by atoms with van der Waals surface area (Å²) in [5.74, 6) is 0.632. The van der Waals surface area contributed by atoms with Crippen LogP contribution < -0.4 is 10.1 Å². The summed E-state index contributed by atoms with van der Waals surface area (Å²) in [6.07, 6.45) is 1.91. The first-order chi connectivity index (χ1) is 11.7. The molecule has 0 saturated heterocycles. The lowest BCUT2D eigenvalue weighted by molar-refractivity contribution is -0.122. The number of ether oxygens (including phenoxy) is 1. The topological polar surface area (TPSA) is 54.1 Å². The summed E-state index contributed by atoms with van der Waals surface area (Å²) in [5, 5.41) is 3.90. The molecule has 0 radical (unpaired) electrons. The quantitative estimate of drug-likeness (QED) is 0.721. The first-order valence-electron chi connectivity index (χ1n) is 8.24. The maximum atomic E-state index is 12.1. The molecule has 4 heteroatoms. The molecule has 1 amide bonds. The number of aromatic nitrogens is 1. The van der Waals surface area contributed by atoms with E-state index in [0.717, 1.165) is 27.8 Å². The van der Waals surface area contributed by atoms with Gasteiger partial charge in [0.05, 0.1) is 5.92 Å². The van der Waals surface area contributed by atoms with Gasteiger partial charge in [0, 0.05) is 23.6 Å². The number of fused-ring (bicyclic) bond motifs is 1. The zero-order chi connectivity index (χ0) is 16.9. The van der Waals surface area contributed by atoms with Gasteiger partial charge in [-0.25, -0.2) is 0 Å². The fraction of sp³-hybridized carbons (Fsp3) is 0.250. The molecule has 1 heterocycles. The monoisotopic (exact) mass is 322 g/mol. The van der Waals surface area contributed by atoms with Gasteiger partial charge in [-0.2, -0.15) is 0 Å². The van der Waals surface area contributed by atoms with E-state index in [1.807, 2.05) is 68.6 Å². The Hall–Kier alpha value is -2.75. The van der Waals surface area contributed by atoms with E-state index >= 15 is 0 Å². The molecule has 1 unspecified atom stereocenters. The molecule has 0 saturated carbocycles. The van der Waals surface area contributed by atoms with Crippen LogP contribution in [-0.2, 0) is 11.4 Å². The lowest BCUT2D eigenvalue weighted by Crippen LogP contribution is -2.27. The highest BCUT2D eigenvalue weighted by Crippen LogP contribution is 2.29. The van der Waals surface area contributed by atoms with E-state index in [1.54, 1.807) is 0 Å². The smallest absolute Gasteiger partial charge is 0.227 e. The second kappa shape index (κ2) is 7.21. The predicted molar refractivity (Wildman–Crippen MR) is 96.2 cm³/mol. The fourth-order valence-corrected chi connectivity index (χ4v) is 2.78. The molecule has 124 valence electrons. The van der Waals surface area contributed by atoms with Crippen LogP contribution >= 0.6 is 0 Å². The Balaban J connectivity index is 1.81. The molecule has 24 heavy (non-hydrogen) atoms. The van der Waals surface area contributed by atoms with Crippen LogP contribution in [0.4, 0.5) is 0 Å². The van der Waals surface area contributed by atoms with E-state index in [9.17, 15) is 4.79 Å². The Morgan fingerprint density at radius 3 is 2.75 bits per heavy atom. The van der Waals surface area contributed by atoms with Gasteiger partial charge < -0.3 is 15.0 Å². The number of likely N-dealkylation sites (N-methyl/N-ethyl adjacent to an activating group) is 1. The number of aromatic amines is 1. The summed E-state index contributed by atoms with van der Waals surface area (Å²) >= 11 is 0. The van der Waals surface area contributed by atoms with Gasteiger partial charge in [-0.05, 0) is 43.2 Å². The molecule has 0 fully saturated rings. The minimum Gasteiger partial charge on any atom is -0.489 e. The molecule has 1 atom stereocenters. The first-order valence-corrected chi connectivity index (χ1v) is 8.24. The Morgan fingerprint density at radius 1 is 1.21 bits per heavy atom. The van der Waals surface area contributed by atoms with Crippen molar-refractivity contribution in [1.82, 2.24) is 10.3 Å². The number of benzene rings is 2. The van der Waals surface area contributed by atoms with Gasteiger partial charge in [-0.1, -0.05) is 30.3 Å². The van der Waals surface area contributed by atoms with Crippen LogP contribution in [0.1, 0.15) is 30.9 Å². The molecule has 2 N–H and O–H groups in total. The molecular weight excluding hydrogens is 300 g/mol. The highest BCUT2D eigenvalue weighted by atomic mass is 16.5. The Morgan fingerprint density at radius 2 is 2.00 bits per heavy atom. The third kappa shape index (κ3) is 3.43. The van der Waals surface area contributed by atoms with Gasteiger partial charge in [-0.15, -0.1) is 0 Å². The highest BCUT2D eigenvalue weighted by Gasteiger charge is 2.18. The van der Waals surface area contributed by atoms with Gasteiger partial charge in [0.1, 0.15) is 12.4 Å². The van der Waals surface area contributed by atoms with Crippen molar-refractivity contribution >= 4 is 16.8 Å². The Bertz CT molecular complexity index is 824. The third-order valence-corrected chi connectivity index (χ3v) is 4.14. The molecule has 4 nitrogen and oxygen atoms in total. The van der Waals surface area contributed by atoms with Crippen molar-refractivity contribution in [2.45, 2.75) is 26.4 Å². The SMILES string of the molecule is CCNC(=O)C(C)c1c[nH]c2ccc(OCc3ccccc3)cc12. The molecular formula is C20H22N2O2. The molecule has 0 spiro atoms. The van der Waals surface area contributed by atoms with E-state index in [-0.39, 0.29) is 11.8 Å². The molecule has 0 aliphatic carbocycles.